The molecule has 0 heterocycles. The zero-order chi connectivity index (χ0) is 10.7. The first-order valence-corrected chi connectivity index (χ1v) is 4.83. The summed E-state index contributed by atoms with van der Waals surface area (Å²) in [6.45, 7) is 4.10. The largest absolute Gasteiger partial charge is 0.508 e. The fraction of sp³-hybridized carbons (Fsp3) is 0.455. The van der Waals surface area contributed by atoms with E-state index in [0.29, 0.717) is 11.5 Å². The Kier molecular flexibility index (Phi) is 3.36. The van der Waals surface area contributed by atoms with Crippen molar-refractivity contribution < 1.29 is 10.2 Å². The summed E-state index contributed by atoms with van der Waals surface area (Å²) >= 11 is 0. The van der Waals surface area contributed by atoms with Crippen molar-refractivity contribution in [1.29, 1.82) is 0 Å². The lowest BCUT2D eigenvalue weighted by atomic mass is 9.93. The van der Waals surface area contributed by atoms with Gasteiger partial charge in [-0.25, -0.2) is 0 Å². The molecule has 0 radical (unpaired) electrons. The summed E-state index contributed by atoms with van der Waals surface area (Å²) in [6, 6.07) is 4.34. The number of phenolic OH excluding ortho intramolecular Hbond substituents is 2. The molecular weight excluding hydrogens is 178 g/mol. The quantitative estimate of drug-likeness (QED) is 0.692. The van der Waals surface area contributed by atoms with Gasteiger partial charge in [0.1, 0.15) is 11.5 Å². The fourth-order valence-electron chi connectivity index (χ4n) is 1.37. The molecule has 0 aromatic heterocycles. The Morgan fingerprint density at radius 3 is 2.50 bits per heavy atom. The van der Waals surface area contributed by atoms with Gasteiger partial charge >= 0.3 is 0 Å². The molecule has 0 spiro atoms. The Morgan fingerprint density at radius 2 is 2.00 bits per heavy atom. The highest BCUT2D eigenvalue weighted by Crippen LogP contribution is 2.31. The van der Waals surface area contributed by atoms with Gasteiger partial charge in [-0.15, -0.1) is 0 Å². The topological polar surface area (TPSA) is 66.5 Å². The maximum atomic E-state index is 9.57. The predicted octanol–water partition coefficient (Wildman–Crippen LogP) is 2.14. The monoisotopic (exact) mass is 195 g/mol. The van der Waals surface area contributed by atoms with Crippen LogP contribution in [-0.2, 0) is 0 Å². The summed E-state index contributed by atoms with van der Waals surface area (Å²) in [6.07, 6.45) is 0.960. The average molecular weight is 195 g/mol. The second-order valence-electron chi connectivity index (χ2n) is 3.65. The lowest BCUT2D eigenvalue weighted by Gasteiger charge is -2.19. The summed E-state index contributed by atoms with van der Waals surface area (Å²) in [5, 5.41) is 18.7. The smallest absolute Gasteiger partial charge is 0.124 e. The van der Waals surface area contributed by atoms with Crippen LogP contribution < -0.4 is 5.73 Å². The van der Waals surface area contributed by atoms with E-state index in [4.69, 9.17) is 10.8 Å². The molecule has 0 saturated carbocycles. The van der Waals surface area contributed by atoms with Crippen LogP contribution in [0.5, 0.6) is 11.5 Å². The minimum Gasteiger partial charge on any atom is -0.508 e. The molecule has 1 aromatic carbocycles. The lowest BCUT2D eigenvalue weighted by Crippen LogP contribution is -2.18. The Hall–Kier alpha value is -1.22. The first-order valence-electron chi connectivity index (χ1n) is 4.83. The highest BCUT2D eigenvalue weighted by Gasteiger charge is 2.16. The first-order chi connectivity index (χ1) is 6.56. The van der Waals surface area contributed by atoms with Crippen molar-refractivity contribution in [2.75, 3.05) is 0 Å². The van der Waals surface area contributed by atoms with Crippen molar-refractivity contribution >= 4 is 0 Å². The van der Waals surface area contributed by atoms with Gasteiger partial charge in [0.05, 0.1) is 0 Å². The number of benzene rings is 1. The van der Waals surface area contributed by atoms with E-state index in [1.807, 2.05) is 6.92 Å². The molecular formula is C11H17NO2. The molecule has 1 rings (SSSR count). The van der Waals surface area contributed by atoms with Crippen LogP contribution >= 0.6 is 0 Å². The zero-order valence-electron chi connectivity index (χ0n) is 8.57. The van der Waals surface area contributed by atoms with Gasteiger partial charge in [-0.05, 0) is 12.0 Å². The second kappa shape index (κ2) is 4.33. The lowest BCUT2D eigenvalue weighted by molar-refractivity contribution is 0.412. The summed E-state index contributed by atoms with van der Waals surface area (Å²) < 4.78 is 0. The molecule has 0 saturated heterocycles. The van der Waals surface area contributed by atoms with E-state index in [2.05, 4.69) is 6.92 Å². The Labute approximate surface area is 84.2 Å². The van der Waals surface area contributed by atoms with E-state index in [1.54, 1.807) is 6.07 Å². The van der Waals surface area contributed by atoms with E-state index in [-0.39, 0.29) is 17.5 Å². The van der Waals surface area contributed by atoms with Gasteiger partial charge in [0.25, 0.3) is 0 Å². The molecule has 0 bridgehead atoms. The number of hydrogen-bond acceptors (Lipinski definition) is 3. The van der Waals surface area contributed by atoms with Gasteiger partial charge in [-0.3, -0.25) is 0 Å². The molecule has 78 valence electrons. The predicted molar refractivity (Wildman–Crippen MR) is 56.2 cm³/mol. The standard InChI is InChI=1S/C11H17NO2/c1-3-7(2)11(12)9-5-4-8(13)6-10(9)14/h4-7,11,13-14H,3,12H2,1-2H3/t7?,11-/m0/s1. The SMILES string of the molecule is CCC(C)[C@H](N)c1ccc(O)cc1O. The molecule has 3 heteroatoms. The van der Waals surface area contributed by atoms with Crippen molar-refractivity contribution in [3.8, 4) is 11.5 Å². The van der Waals surface area contributed by atoms with E-state index in [1.165, 1.54) is 12.1 Å². The van der Waals surface area contributed by atoms with Crippen LogP contribution in [0.3, 0.4) is 0 Å². The van der Waals surface area contributed by atoms with E-state index < -0.39 is 0 Å². The van der Waals surface area contributed by atoms with Gasteiger partial charge in [-0.2, -0.15) is 0 Å². The highest BCUT2D eigenvalue weighted by atomic mass is 16.3. The molecule has 3 nitrogen and oxygen atoms in total. The summed E-state index contributed by atoms with van der Waals surface area (Å²) in [5.41, 5.74) is 6.65. The summed E-state index contributed by atoms with van der Waals surface area (Å²) in [4.78, 5) is 0. The van der Waals surface area contributed by atoms with Crippen LogP contribution in [0.25, 0.3) is 0 Å². The third-order valence-electron chi connectivity index (χ3n) is 2.63. The maximum Gasteiger partial charge on any atom is 0.124 e. The van der Waals surface area contributed by atoms with Crippen molar-refractivity contribution in [2.45, 2.75) is 26.3 Å². The molecule has 0 aliphatic carbocycles. The van der Waals surface area contributed by atoms with Gasteiger partial charge in [0.15, 0.2) is 0 Å². The molecule has 4 N–H and O–H groups in total. The molecule has 1 aromatic rings. The van der Waals surface area contributed by atoms with Gasteiger partial charge in [-0.1, -0.05) is 26.3 Å². The van der Waals surface area contributed by atoms with Crippen LogP contribution in [0, 0.1) is 5.92 Å². The summed E-state index contributed by atoms with van der Waals surface area (Å²) in [5.74, 6) is 0.436. The molecule has 0 aliphatic heterocycles. The van der Waals surface area contributed by atoms with E-state index >= 15 is 0 Å². The maximum absolute atomic E-state index is 9.57. The van der Waals surface area contributed by atoms with Crippen molar-refractivity contribution in [2.24, 2.45) is 11.7 Å². The van der Waals surface area contributed by atoms with Crippen LogP contribution in [0.4, 0.5) is 0 Å². The molecule has 0 fully saturated rings. The second-order valence-corrected chi connectivity index (χ2v) is 3.65. The van der Waals surface area contributed by atoms with Crippen molar-refractivity contribution in [3.63, 3.8) is 0 Å². The first kappa shape index (κ1) is 10.9. The molecule has 0 amide bonds. The number of phenols is 2. The third kappa shape index (κ3) is 2.17. The van der Waals surface area contributed by atoms with Gasteiger partial charge < -0.3 is 15.9 Å². The van der Waals surface area contributed by atoms with Crippen LogP contribution in [0.1, 0.15) is 31.9 Å². The normalized spacial score (nSPS) is 15.1. The minimum absolute atomic E-state index is 0.0580. The molecule has 0 aliphatic rings. The van der Waals surface area contributed by atoms with Crippen molar-refractivity contribution in [1.82, 2.24) is 0 Å². The third-order valence-corrected chi connectivity index (χ3v) is 2.63. The zero-order valence-corrected chi connectivity index (χ0v) is 8.57. The fourth-order valence-corrected chi connectivity index (χ4v) is 1.37. The Morgan fingerprint density at radius 1 is 1.36 bits per heavy atom. The van der Waals surface area contributed by atoms with E-state index in [9.17, 15) is 5.11 Å². The number of aromatic hydroxyl groups is 2. The van der Waals surface area contributed by atoms with Crippen LogP contribution in [0.2, 0.25) is 0 Å². The average Bonchev–Trinajstić information content (AvgIpc) is 2.15. The molecule has 2 atom stereocenters. The van der Waals surface area contributed by atoms with E-state index in [0.717, 1.165) is 6.42 Å². The Bertz CT molecular complexity index is 312. The molecule has 14 heavy (non-hydrogen) atoms. The highest BCUT2D eigenvalue weighted by molar-refractivity contribution is 5.40. The number of rotatable bonds is 3. The van der Waals surface area contributed by atoms with Crippen LogP contribution in [0.15, 0.2) is 18.2 Å². The minimum atomic E-state index is -0.180. The number of hydrogen-bond donors (Lipinski definition) is 3. The van der Waals surface area contributed by atoms with Gasteiger partial charge in [0, 0.05) is 17.7 Å². The number of nitrogens with two attached hydrogens (primary N) is 1. The Balaban J connectivity index is 2.95. The van der Waals surface area contributed by atoms with Crippen LogP contribution in [-0.4, -0.2) is 10.2 Å². The van der Waals surface area contributed by atoms with Gasteiger partial charge in [0.2, 0.25) is 0 Å². The molecule has 1 unspecified atom stereocenters. The summed E-state index contributed by atoms with van der Waals surface area (Å²) in [7, 11) is 0. The van der Waals surface area contributed by atoms with Crippen molar-refractivity contribution in [3.05, 3.63) is 23.8 Å².